The molecule has 0 atom stereocenters. The van der Waals surface area contributed by atoms with Crippen LogP contribution in [0.15, 0.2) is 78.9 Å². The van der Waals surface area contributed by atoms with Gasteiger partial charge in [-0.1, -0.05) is 48.5 Å². The largest absolute Gasteiger partial charge is 0.491 e. The van der Waals surface area contributed by atoms with Gasteiger partial charge < -0.3 is 14.8 Å². The van der Waals surface area contributed by atoms with E-state index in [0.29, 0.717) is 36.8 Å². The maximum absolute atomic E-state index is 12.5. The minimum absolute atomic E-state index is 0.152. The fraction of sp³-hybridized carbons (Fsp3) is 0.174. The number of rotatable bonds is 8. The van der Waals surface area contributed by atoms with Gasteiger partial charge in [0.2, 0.25) is 0 Å². The van der Waals surface area contributed by atoms with E-state index in [1.807, 2.05) is 85.8 Å². The minimum atomic E-state index is -0.152. The lowest BCUT2D eigenvalue weighted by Crippen LogP contribution is -2.12. The number of hydrogen-bond acceptors (Lipinski definition) is 3. The van der Waals surface area contributed by atoms with Crippen LogP contribution in [0.4, 0.5) is 5.69 Å². The molecule has 0 aliphatic carbocycles. The van der Waals surface area contributed by atoms with Crippen molar-refractivity contribution in [1.29, 1.82) is 0 Å². The molecule has 3 aromatic rings. The van der Waals surface area contributed by atoms with E-state index in [9.17, 15) is 4.79 Å². The molecule has 0 saturated carbocycles. The monoisotopic (exact) mass is 361 g/mol. The van der Waals surface area contributed by atoms with Gasteiger partial charge >= 0.3 is 0 Å². The lowest BCUT2D eigenvalue weighted by atomic mass is 10.0. The molecule has 4 nitrogen and oxygen atoms in total. The lowest BCUT2D eigenvalue weighted by Gasteiger charge is -2.10. The standard InChI is InChI=1S/C23H23NO3/c1-2-26-15-16-27-22-10-6-9-21(17-22)24-23(25)20-13-11-19(12-14-20)18-7-4-3-5-8-18/h3-14,17H,2,15-16H2,1H3,(H,24,25). The Bertz CT molecular complexity index is 860. The molecule has 1 amide bonds. The quantitative estimate of drug-likeness (QED) is 0.573. The van der Waals surface area contributed by atoms with E-state index < -0.39 is 0 Å². The number of carbonyl (C=O) groups excluding carboxylic acids is 1. The molecule has 0 bridgehead atoms. The Morgan fingerprint density at radius 1 is 0.852 bits per heavy atom. The minimum Gasteiger partial charge on any atom is -0.491 e. The summed E-state index contributed by atoms with van der Waals surface area (Å²) in [5.41, 5.74) is 3.51. The van der Waals surface area contributed by atoms with E-state index >= 15 is 0 Å². The zero-order chi connectivity index (χ0) is 18.9. The summed E-state index contributed by atoms with van der Waals surface area (Å²) in [6.45, 7) is 3.64. The number of nitrogens with one attached hydrogen (secondary N) is 1. The number of carbonyl (C=O) groups is 1. The normalized spacial score (nSPS) is 10.4. The average molecular weight is 361 g/mol. The summed E-state index contributed by atoms with van der Waals surface area (Å²) >= 11 is 0. The van der Waals surface area contributed by atoms with Crippen LogP contribution in [0.1, 0.15) is 17.3 Å². The molecule has 3 rings (SSSR count). The van der Waals surface area contributed by atoms with Crippen LogP contribution in [0.3, 0.4) is 0 Å². The predicted octanol–water partition coefficient (Wildman–Crippen LogP) is 5.02. The molecule has 0 fully saturated rings. The van der Waals surface area contributed by atoms with E-state index in [0.717, 1.165) is 11.1 Å². The summed E-state index contributed by atoms with van der Waals surface area (Å²) in [4.78, 5) is 12.5. The molecule has 0 heterocycles. The van der Waals surface area contributed by atoms with Crippen LogP contribution in [-0.4, -0.2) is 25.7 Å². The third-order valence-electron chi connectivity index (χ3n) is 4.05. The van der Waals surface area contributed by atoms with Crippen molar-refractivity contribution in [2.24, 2.45) is 0 Å². The van der Waals surface area contributed by atoms with Crippen LogP contribution in [0, 0.1) is 0 Å². The van der Waals surface area contributed by atoms with Gasteiger partial charge in [-0.25, -0.2) is 0 Å². The van der Waals surface area contributed by atoms with E-state index in [1.165, 1.54) is 0 Å². The number of benzene rings is 3. The van der Waals surface area contributed by atoms with Crippen molar-refractivity contribution >= 4 is 11.6 Å². The highest BCUT2D eigenvalue weighted by Gasteiger charge is 2.07. The molecule has 0 aliphatic heterocycles. The molecular weight excluding hydrogens is 338 g/mol. The zero-order valence-corrected chi connectivity index (χ0v) is 15.4. The van der Waals surface area contributed by atoms with Crippen LogP contribution in [0.25, 0.3) is 11.1 Å². The van der Waals surface area contributed by atoms with Gasteiger partial charge in [0.05, 0.1) is 6.61 Å². The predicted molar refractivity (Wildman–Crippen MR) is 108 cm³/mol. The van der Waals surface area contributed by atoms with Crippen molar-refractivity contribution in [3.63, 3.8) is 0 Å². The Morgan fingerprint density at radius 2 is 1.59 bits per heavy atom. The SMILES string of the molecule is CCOCCOc1cccc(NC(=O)c2ccc(-c3ccccc3)cc2)c1. The first kappa shape index (κ1) is 18.7. The number of anilines is 1. The van der Waals surface area contributed by atoms with E-state index in [-0.39, 0.29) is 5.91 Å². The molecule has 0 saturated heterocycles. The van der Waals surface area contributed by atoms with Crippen LogP contribution in [0.5, 0.6) is 5.75 Å². The van der Waals surface area contributed by atoms with Crippen molar-refractivity contribution < 1.29 is 14.3 Å². The average Bonchev–Trinajstić information content (AvgIpc) is 2.72. The molecule has 0 spiro atoms. The second kappa shape index (κ2) is 9.55. The van der Waals surface area contributed by atoms with Gasteiger partial charge in [-0.05, 0) is 42.3 Å². The third-order valence-corrected chi connectivity index (χ3v) is 4.05. The Kier molecular flexibility index (Phi) is 6.61. The van der Waals surface area contributed by atoms with E-state index in [2.05, 4.69) is 5.32 Å². The first-order chi connectivity index (χ1) is 13.3. The summed E-state index contributed by atoms with van der Waals surface area (Å²) in [7, 11) is 0. The van der Waals surface area contributed by atoms with Crippen molar-refractivity contribution in [1.82, 2.24) is 0 Å². The molecule has 0 aromatic heterocycles. The first-order valence-corrected chi connectivity index (χ1v) is 9.03. The Morgan fingerprint density at radius 3 is 2.33 bits per heavy atom. The fourth-order valence-corrected chi connectivity index (χ4v) is 2.67. The van der Waals surface area contributed by atoms with E-state index in [4.69, 9.17) is 9.47 Å². The van der Waals surface area contributed by atoms with Crippen molar-refractivity contribution in [3.05, 3.63) is 84.4 Å². The summed E-state index contributed by atoms with van der Waals surface area (Å²) in [6.07, 6.45) is 0. The van der Waals surface area contributed by atoms with Gasteiger partial charge in [0, 0.05) is 23.9 Å². The van der Waals surface area contributed by atoms with Gasteiger partial charge in [0.25, 0.3) is 5.91 Å². The molecule has 3 aromatic carbocycles. The molecule has 0 unspecified atom stereocenters. The fourth-order valence-electron chi connectivity index (χ4n) is 2.67. The third kappa shape index (κ3) is 5.43. The van der Waals surface area contributed by atoms with Gasteiger partial charge in [-0.15, -0.1) is 0 Å². The number of hydrogen-bond donors (Lipinski definition) is 1. The van der Waals surface area contributed by atoms with Crippen LogP contribution < -0.4 is 10.1 Å². The van der Waals surface area contributed by atoms with Gasteiger partial charge in [-0.2, -0.15) is 0 Å². The van der Waals surface area contributed by atoms with Crippen molar-refractivity contribution in [3.8, 4) is 16.9 Å². The first-order valence-electron chi connectivity index (χ1n) is 9.03. The highest BCUT2D eigenvalue weighted by molar-refractivity contribution is 6.04. The summed E-state index contributed by atoms with van der Waals surface area (Å²) in [6, 6.07) is 25.0. The number of amides is 1. The van der Waals surface area contributed by atoms with Crippen LogP contribution >= 0.6 is 0 Å². The molecule has 0 radical (unpaired) electrons. The molecule has 1 N–H and O–H groups in total. The second-order valence-electron chi connectivity index (χ2n) is 5.97. The van der Waals surface area contributed by atoms with Crippen LogP contribution in [0.2, 0.25) is 0 Å². The Hall–Kier alpha value is -3.11. The van der Waals surface area contributed by atoms with Gasteiger partial charge in [-0.3, -0.25) is 4.79 Å². The molecule has 138 valence electrons. The molecule has 4 heteroatoms. The summed E-state index contributed by atoms with van der Waals surface area (Å²) in [5, 5.41) is 2.91. The summed E-state index contributed by atoms with van der Waals surface area (Å²) in [5.74, 6) is 0.549. The smallest absolute Gasteiger partial charge is 0.255 e. The maximum atomic E-state index is 12.5. The lowest BCUT2D eigenvalue weighted by molar-refractivity contribution is 0.102. The molecular formula is C23H23NO3. The second-order valence-corrected chi connectivity index (χ2v) is 5.97. The summed E-state index contributed by atoms with van der Waals surface area (Å²) < 4.78 is 10.9. The zero-order valence-electron chi connectivity index (χ0n) is 15.4. The number of ether oxygens (including phenoxy) is 2. The van der Waals surface area contributed by atoms with Crippen molar-refractivity contribution in [2.75, 3.05) is 25.1 Å². The molecule has 27 heavy (non-hydrogen) atoms. The highest BCUT2D eigenvalue weighted by atomic mass is 16.5. The Labute approximate surface area is 159 Å². The van der Waals surface area contributed by atoms with Gasteiger partial charge in [0.15, 0.2) is 0 Å². The van der Waals surface area contributed by atoms with Crippen LogP contribution in [-0.2, 0) is 4.74 Å². The highest BCUT2D eigenvalue weighted by Crippen LogP contribution is 2.21. The van der Waals surface area contributed by atoms with E-state index in [1.54, 1.807) is 0 Å². The Balaban J connectivity index is 1.61. The maximum Gasteiger partial charge on any atom is 0.255 e. The topological polar surface area (TPSA) is 47.6 Å². The van der Waals surface area contributed by atoms with Crippen molar-refractivity contribution in [2.45, 2.75) is 6.92 Å². The molecule has 0 aliphatic rings. The van der Waals surface area contributed by atoms with Gasteiger partial charge in [0.1, 0.15) is 12.4 Å².